The van der Waals surface area contributed by atoms with Crippen molar-refractivity contribution in [3.63, 3.8) is 0 Å². The number of carbonyl (C=O) groups excluding carboxylic acids is 1. The van der Waals surface area contributed by atoms with E-state index < -0.39 is 0 Å². The summed E-state index contributed by atoms with van der Waals surface area (Å²) in [6, 6.07) is 7.28. The molecule has 0 saturated carbocycles. The Bertz CT molecular complexity index is 367. The molecule has 0 aliphatic rings. The normalized spacial score (nSPS) is 9.50. The minimum Gasteiger partial charge on any atom is -0.297 e. The average molecular weight is 225 g/mol. The van der Waals surface area contributed by atoms with E-state index in [4.69, 9.17) is 11.6 Å². The molecule has 3 heteroatoms. The van der Waals surface area contributed by atoms with Crippen LogP contribution >= 0.6 is 23.4 Å². The molecular weight excluding hydrogens is 216 g/mol. The van der Waals surface area contributed by atoms with E-state index in [-0.39, 0.29) is 0 Å². The van der Waals surface area contributed by atoms with Gasteiger partial charge in [-0.05, 0) is 17.7 Å². The van der Waals surface area contributed by atoms with Crippen molar-refractivity contribution < 1.29 is 4.79 Å². The molecule has 0 aliphatic carbocycles. The Kier molecular flexibility index (Phi) is 3.98. The Hall–Kier alpha value is -0.990. The van der Waals surface area contributed by atoms with Crippen LogP contribution in [0.1, 0.15) is 5.56 Å². The third-order valence-corrected chi connectivity index (χ3v) is 2.64. The van der Waals surface area contributed by atoms with Crippen molar-refractivity contribution >= 4 is 34.6 Å². The third kappa shape index (κ3) is 3.05. The summed E-state index contributed by atoms with van der Waals surface area (Å²) in [7, 11) is 0. The number of carbonyl (C=O) groups is 1. The fourth-order valence-corrected chi connectivity index (χ4v) is 1.62. The van der Waals surface area contributed by atoms with Gasteiger partial charge in [0.25, 0.3) is 0 Å². The van der Waals surface area contributed by atoms with Gasteiger partial charge in [-0.1, -0.05) is 48.7 Å². The number of allylic oxidation sites excluding steroid dienone is 1. The molecule has 0 N–H and O–H groups in total. The Morgan fingerprint density at radius 2 is 1.86 bits per heavy atom. The van der Waals surface area contributed by atoms with Crippen molar-refractivity contribution in [1.82, 2.24) is 0 Å². The standard InChI is InChI=1S/C11H9ClOS/c1-8(7-13)14-9(2)10-3-5-11(12)6-4-10/h3-7H,1-2H2. The highest BCUT2D eigenvalue weighted by Crippen LogP contribution is 2.30. The lowest BCUT2D eigenvalue weighted by atomic mass is 10.2. The van der Waals surface area contributed by atoms with Crippen LogP contribution in [-0.2, 0) is 4.79 Å². The van der Waals surface area contributed by atoms with Crippen LogP contribution in [0.15, 0.2) is 42.3 Å². The molecular formula is C11H9ClOS. The second-order valence-electron chi connectivity index (χ2n) is 2.62. The summed E-state index contributed by atoms with van der Waals surface area (Å²) >= 11 is 7.00. The lowest BCUT2D eigenvalue weighted by molar-refractivity contribution is -0.104. The monoisotopic (exact) mass is 224 g/mol. The number of hydrogen-bond donors (Lipinski definition) is 0. The number of thioether (sulfide) groups is 1. The molecule has 14 heavy (non-hydrogen) atoms. The van der Waals surface area contributed by atoms with Gasteiger partial charge in [-0.15, -0.1) is 0 Å². The van der Waals surface area contributed by atoms with Crippen LogP contribution in [0.2, 0.25) is 5.02 Å². The minimum absolute atomic E-state index is 0.449. The smallest absolute Gasteiger partial charge is 0.156 e. The number of aldehydes is 1. The molecule has 0 fully saturated rings. The summed E-state index contributed by atoms with van der Waals surface area (Å²) in [5, 5.41) is 0.681. The molecule has 0 atom stereocenters. The van der Waals surface area contributed by atoms with Gasteiger partial charge in [0.1, 0.15) is 0 Å². The molecule has 1 aromatic rings. The lowest BCUT2D eigenvalue weighted by Crippen LogP contribution is -1.80. The highest BCUT2D eigenvalue weighted by molar-refractivity contribution is 8.12. The molecule has 0 radical (unpaired) electrons. The number of benzene rings is 1. The van der Waals surface area contributed by atoms with Gasteiger partial charge in [0.2, 0.25) is 0 Å². The maximum atomic E-state index is 10.3. The zero-order valence-electron chi connectivity index (χ0n) is 7.50. The van der Waals surface area contributed by atoms with Crippen molar-refractivity contribution in [2.45, 2.75) is 0 Å². The number of hydrogen-bond acceptors (Lipinski definition) is 2. The predicted octanol–water partition coefficient (Wildman–Crippen LogP) is 3.76. The second-order valence-corrected chi connectivity index (χ2v) is 4.27. The summed E-state index contributed by atoms with van der Waals surface area (Å²) in [6.45, 7) is 7.41. The summed E-state index contributed by atoms with van der Waals surface area (Å²) in [5.74, 6) is 0. The first-order valence-corrected chi connectivity index (χ1v) is 5.09. The summed E-state index contributed by atoms with van der Waals surface area (Å²) in [4.78, 5) is 11.6. The van der Waals surface area contributed by atoms with Crippen LogP contribution in [0, 0.1) is 0 Å². The molecule has 72 valence electrons. The summed E-state index contributed by atoms with van der Waals surface area (Å²) in [5.41, 5.74) is 0.947. The van der Waals surface area contributed by atoms with Crippen molar-refractivity contribution in [2.24, 2.45) is 0 Å². The van der Waals surface area contributed by atoms with Gasteiger partial charge in [-0.3, -0.25) is 4.79 Å². The third-order valence-electron chi connectivity index (χ3n) is 1.55. The SMILES string of the molecule is C=C(C=O)SC(=C)c1ccc(Cl)cc1. The first-order chi connectivity index (χ1) is 6.63. The maximum absolute atomic E-state index is 10.3. The van der Waals surface area contributed by atoms with E-state index in [9.17, 15) is 4.79 Å². The van der Waals surface area contributed by atoms with Crippen molar-refractivity contribution in [3.05, 3.63) is 52.9 Å². The Morgan fingerprint density at radius 1 is 1.29 bits per heavy atom. The number of halogens is 1. The van der Waals surface area contributed by atoms with Gasteiger partial charge in [-0.25, -0.2) is 0 Å². The summed E-state index contributed by atoms with van der Waals surface area (Å²) in [6.07, 6.45) is 0.714. The van der Waals surface area contributed by atoms with Gasteiger partial charge < -0.3 is 0 Å². The first kappa shape index (κ1) is 11.1. The molecule has 1 rings (SSSR count). The van der Waals surface area contributed by atoms with E-state index in [0.29, 0.717) is 16.2 Å². The van der Waals surface area contributed by atoms with E-state index in [2.05, 4.69) is 13.2 Å². The average Bonchev–Trinajstić information content (AvgIpc) is 2.18. The van der Waals surface area contributed by atoms with Gasteiger partial charge in [0.05, 0.1) is 0 Å². The lowest BCUT2D eigenvalue weighted by Gasteiger charge is -2.03. The van der Waals surface area contributed by atoms with E-state index >= 15 is 0 Å². The van der Waals surface area contributed by atoms with Crippen LogP contribution in [0.25, 0.3) is 4.91 Å². The fourth-order valence-electron chi connectivity index (χ4n) is 0.877. The largest absolute Gasteiger partial charge is 0.297 e. The highest BCUT2D eigenvalue weighted by atomic mass is 35.5. The van der Waals surface area contributed by atoms with E-state index in [1.54, 1.807) is 12.1 Å². The molecule has 0 bridgehead atoms. The van der Waals surface area contributed by atoms with Crippen LogP contribution in [0.4, 0.5) is 0 Å². The Morgan fingerprint density at radius 3 is 2.36 bits per heavy atom. The quantitative estimate of drug-likeness (QED) is 0.572. The van der Waals surface area contributed by atoms with Gasteiger partial charge >= 0.3 is 0 Å². The molecule has 0 aliphatic heterocycles. The molecule has 0 amide bonds. The Balaban J connectivity index is 2.75. The van der Waals surface area contributed by atoms with E-state index in [1.807, 2.05) is 12.1 Å². The van der Waals surface area contributed by atoms with Crippen LogP contribution in [-0.4, -0.2) is 6.29 Å². The molecule has 0 saturated heterocycles. The van der Waals surface area contributed by atoms with Crippen molar-refractivity contribution in [1.29, 1.82) is 0 Å². The van der Waals surface area contributed by atoms with E-state index in [1.165, 1.54) is 11.8 Å². The second kappa shape index (κ2) is 5.03. The van der Waals surface area contributed by atoms with Crippen LogP contribution < -0.4 is 0 Å². The summed E-state index contributed by atoms with van der Waals surface area (Å²) < 4.78 is 0. The van der Waals surface area contributed by atoms with Crippen molar-refractivity contribution in [2.75, 3.05) is 0 Å². The number of rotatable bonds is 4. The van der Waals surface area contributed by atoms with Gasteiger partial charge in [0.15, 0.2) is 6.29 Å². The minimum atomic E-state index is 0.449. The highest BCUT2D eigenvalue weighted by Gasteiger charge is 2.01. The maximum Gasteiger partial charge on any atom is 0.156 e. The van der Waals surface area contributed by atoms with Gasteiger partial charge in [0, 0.05) is 14.8 Å². The first-order valence-electron chi connectivity index (χ1n) is 3.90. The predicted molar refractivity (Wildman–Crippen MR) is 63.3 cm³/mol. The Labute approximate surface area is 92.5 Å². The zero-order chi connectivity index (χ0) is 10.6. The van der Waals surface area contributed by atoms with E-state index in [0.717, 1.165) is 10.5 Å². The topological polar surface area (TPSA) is 17.1 Å². The molecule has 1 nitrogen and oxygen atoms in total. The van der Waals surface area contributed by atoms with Crippen LogP contribution in [0.5, 0.6) is 0 Å². The molecule has 0 spiro atoms. The fraction of sp³-hybridized carbons (Fsp3) is 0. The molecule has 0 unspecified atom stereocenters. The molecule has 0 aromatic heterocycles. The molecule has 1 aromatic carbocycles. The molecule has 0 heterocycles. The van der Waals surface area contributed by atoms with Crippen molar-refractivity contribution in [3.8, 4) is 0 Å². The van der Waals surface area contributed by atoms with Crippen LogP contribution in [0.3, 0.4) is 0 Å². The van der Waals surface area contributed by atoms with Gasteiger partial charge in [-0.2, -0.15) is 0 Å². The zero-order valence-corrected chi connectivity index (χ0v) is 9.07.